The van der Waals surface area contributed by atoms with Crippen molar-refractivity contribution < 1.29 is 14.3 Å². The first-order chi connectivity index (χ1) is 8.99. The second kappa shape index (κ2) is 5.96. The van der Waals surface area contributed by atoms with E-state index in [4.69, 9.17) is 39.5 Å². The van der Waals surface area contributed by atoms with Gasteiger partial charge in [-0.05, 0) is 18.2 Å². The van der Waals surface area contributed by atoms with E-state index < -0.39 is 5.97 Å². The van der Waals surface area contributed by atoms with E-state index in [2.05, 4.69) is 9.72 Å². The fourth-order valence-electron chi connectivity index (χ4n) is 1.23. The summed E-state index contributed by atoms with van der Waals surface area (Å²) in [5.41, 5.74) is 0. The number of esters is 1. The van der Waals surface area contributed by atoms with E-state index in [0.29, 0.717) is 15.8 Å². The quantitative estimate of drug-likeness (QED) is 0.762. The number of thiazole rings is 1. The van der Waals surface area contributed by atoms with Gasteiger partial charge >= 0.3 is 5.97 Å². The van der Waals surface area contributed by atoms with Crippen molar-refractivity contribution in [2.24, 2.45) is 0 Å². The number of benzene rings is 1. The van der Waals surface area contributed by atoms with Gasteiger partial charge in [-0.25, -0.2) is 4.79 Å². The Balaban J connectivity index is 2.26. The number of halogens is 3. The summed E-state index contributed by atoms with van der Waals surface area (Å²) in [6.45, 7) is 0. The number of carbonyl (C=O) groups is 1. The van der Waals surface area contributed by atoms with Crippen LogP contribution < -0.4 is 4.74 Å². The first kappa shape index (κ1) is 14.4. The highest BCUT2D eigenvalue weighted by Crippen LogP contribution is 2.34. The van der Waals surface area contributed by atoms with Gasteiger partial charge in [-0.2, -0.15) is 4.98 Å². The van der Waals surface area contributed by atoms with E-state index in [0.717, 1.165) is 11.3 Å². The molecule has 0 saturated carbocycles. The minimum absolute atomic E-state index is 0.0278. The number of methoxy groups -OCH3 is 1. The Hall–Kier alpha value is -1.01. The molecule has 0 unspecified atom stereocenters. The normalized spacial score (nSPS) is 10.3. The van der Waals surface area contributed by atoms with Crippen molar-refractivity contribution in [1.29, 1.82) is 0 Å². The number of aromatic nitrogens is 1. The predicted octanol–water partition coefficient (Wildman–Crippen LogP) is 4.68. The van der Waals surface area contributed by atoms with E-state index in [1.165, 1.54) is 7.11 Å². The lowest BCUT2D eigenvalue weighted by Crippen LogP contribution is -1.98. The fourth-order valence-corrected chi connectivity index (χ4v) is 2.81. The maximum atomic E-state index is 11.4. The first-order valence-corrected chi connectivity index (χ1v) is 6.83. The topological polar surface area (TPSA) is 48.4 Å². The van der Waals surface area contributed by atoms with Crippen LogP contribution in [0.3, 0.4) is 0 Å². The van der Waals surface area contributed by atoms with Crippen molar-refractivity contribution in [2.45, 2.75) is 0 Å². The molecule has 1 heterocycles. The molecular weight excluding hydrogens is 333 g/mol. The Labute approximate surface area is 127 Å². The number of hydrogen-bond acceptors (Lipinski definition) is 5. The van der Waals surface area contributed by atoms with Crippen molar-refractivity contribution in [2.75, 3.05) is 7.11 Å². The van der Waals surface area contributed by atoms with Crippen molar-refractivity contribution >= 4 is 52.1 Å². The van der Waals surface area contributed by atoms with Gasteiger partial charge in [-0.1, -0.05) is 46.1 Å². The summed E-state index contributed by atoms with van der Waals surface area (Å²) < 4.78 is 10.0. The van der Waals surface area contributed by atoms with Crippen molar-refractivity contribution in [3.05, 3.63) is 38.3 Å². The van der Waals surface area contributed by atoms with Crippen LogP contribution in [0.1, 0.15) is 9.67 Å². The molecule has 0 N–H and O–H groups in total. The lowest BCUT2D eigenvalue weighted by atomic mass is 10.3. The molecule has 0 bridgehead atoms. The molecule has 0 aliphatic heterocycles. The third-order valence-electron chi connectivity index (χ3n) is 1.98. The van der Waals surface area contributed by atoms with Crippen LogP contribution in [-0.4, -0.2) is 18.1 Å². The molecule has 1 aromatic carbocycles. The van der Waals surface area contributed by atoms with Crippen LogP contribution >= 0.6 is 46.1 Å². The van der Waals surface area contributed by atoms with Crippen LogP contribution in [0.2, 0.25) is 15.2 Å². The monoisotopic (exact) mass is 337 g/mol. The van der Waals surface area contributed by atoms with Crippen LogP contribution in [-0.2, 0) is 4.74 Å². The van der Waals surface area contributed by atoms with Crippen molar-refractivity contribution in [1.82, 2.24) is 4.98 Å². The van der Waals surface area contributed by atoms with Gasteiger partial charge in [0, 0.05) is 10.0 Å². The minimum Gasteiger partial charge on any atom is -0.465 e. The van der Waals surface area contributed by atoms with Gasteiger partial charge in [0.15, 0.2) is 10.0 Å². The molecule has 1 aromatic heterocycles. The number of nitrogens with zero attached hydrogens (tertiary/aromatic N) is 1. The molecule has 0 fully saturated rings. The summed E-state index contributed by atoms with van der Waals surface area (Å²) in [6.07, 6.45) is 0. The van der Waals surface area contributed by atoms with E-state index in [9.17, 15) is 4.79 Å². The van der Waals surface area contributed by atoms with Gasteiger partial charge in [0.25, 0.3) is 5.19 Å². The molecule has 0 saturated heterocycles. The number of rotatable bonds is 3. The zero-order valence-electron chi connectivity index (χ0n) is 9.45. The molecule has 0 radical (unpaired) electrons. The molecule has 0 aliphatic carbocycles. The smallest absolute Gasteiger partial charge is 0.351 e. The molecule has 19 heavy (non-hydrogen) atoms. The third kappa shape index (κ3) is 3.51. The Bertz CT molecular complexity index is 609. The van der Waals surface area contributed by atoms with Crippen molar-refractivity contribution in [3.8, 4) is 10.9 Å². The van der Waals surface area contributed by atoms with E-state index in [-0.39, 0.29) is 15.2 Å². The Morgan fingerprint density at radius 3 is 2.42 bits per heavy atom. The number of ether oxygens (including phenoxy) is 2. The van der Waals surface area contributed by atoms with E-state index in [1.807, 2.05) is 0 Å². The summed E-state index contributed by atoms with van der Waals surface area (Å²) in [5, 5.41) is 1.08. The molecule has 2 aromatic rings. The maximum absolute atomic E-state index is 11.4. The highest BCUT2D eigenvalue weighted by molar-refractivity contribution is 7.15. The lowest BCUT2D eigenvalue weighted by molar-refractivity contribution is 0.0606. The SMILES string of the molecule is COC(=O)c1sc(Oc2cc(Cl)cc(Cl)c2)nc1Cl. The highest BCUT2D eigenvalue weighted by Gasteiger charge is 2.18. The molecule has 0 atom stereocenters. The summed E-state index contributed by atoms with van der Waals surface area (Å²) in [4.78, 5) is 15.5. The minimum atomic E-state index is -0.568. The average Bonchev–Trinajstić information content (AvgIpc) is 2.68. The maximum Gasteiger partial charge on any atom is 0.351 e. The fraction of sp³-hybridized carbons (Fsp3) is 0.0909. The summed E-state index contributed by atoms with van der Waals surface area (Å²) in [6, 6.07) is 4.71. The van der Waals surface area contributed by atoms with Crippen LogP contribution in [0.25, 0.3) is 0 Å². The second-order valence-corrected chi connectivity index (χ2v) is 5.49. The van der Waals surface area contributed by atoms with E-state index in [1.54, 1.807) is 18.2 Å². The molecular formula is C11H6Cl3NO3S. The van der Waals surface area contributed by atoms with Gasteiger partial charge in [0.2, 0.25) is 0 Å². The largest absolute Gasteiger partial charge is 0.465 e. The number of hydrogen-bond donors (Lipinski definition) is 0. The molecule has 0 spiro atoms. The summed E-state index contributed by atoms with van der Waals surface area (Å²) >= 11 is 18.5. The molecule has 100 valence electrons. The first-order valence-electron chi connectivity index (χ1n) is 4.88. The Morgan fingerprint density at radius 2 is 1.84 bits per heavy atom. The van der Waals surface area contributed by atoms with Crippen LogP contribution in [0.4, 0.5) is 0 Å². The number of carbonyl (C=O) groups excluding carboxylic acids is 1. The van der Waals surface area contributed by atoms with Gasteiger partial charge in [-0.3, -0.25) is 0 Å². The Kier molecular flexibility index (Phi) is 4.52. The highest BCUT2D eigenvalue weighted by atomic mass is 35.5. The van der Waals surface area contributed by atoms with Gasteiger partial charge < -0.3 is 9.47 Å². The van der Waals surface area contributed by atoms with Gasteiger partial charge in [-0.15, -0.1) is 0 Å². The summed E-state index contributed by atoms with van der Waals surface area (Å²) in [5.74, 6) is -0.166. The molecule has 4 nitrogen and oxygen atoms in total. The standard InChI is InChI=1S/C11H6Cl3NO3S/c1-17-10(16)8-9(14)15-11(19-8)18-7-3-5(12)2-6(13)4-7/h2-4H,1H3. The molecule has 2 rings (SSSR count). The van der Waals surface area contributed by atoms with E-state index >= 15 is 0 Å². The van der Waals surface area contributed by atoms with Gasteiger partial charge in [0.05, 0.1) is 7.11 Å². The molecule has 8 heteroatoms. The lowest BCUT2D eigenvalue weighted by Gasteiger charge is -2.02. The zero-order chi connectivity index (χ0) is 14.0. The average molecular weight is 339 g/mol. The van der Waals surface area contributed by atoms with Crippen LogP contribution in [0.15, 0.2) is 18.2 Å². The predicted molar refractivity (Wildman–Crippen MR) is 75.0 cm³/mol. The molecule has 0 aliphatic rings. The Morgan fingerprint density at radius 1 is 1.21 bits per heavy atom. The van der Waals surface area contributed by atoms with Crippen LogP contribution in [0, 0.1) is 0 Å². The van der Waals surface area contributed by atoms with Gasteiger partial charge in [0.1, 0.15) is 5.75 Å². The zero-order valence-corrected chi connectivity index (χ0v) is 12.5. The molecule has 0 amide bonds. The third-order valence-corrected chi connectivity index (χ3v) is 3.71. The van der Waals surface area contributed by atoms with Crippen molar-refractivity contribution in [3.63, 3.8) is 0 Å². The second-order valence-electron chi connectivity index (χ2n) is 3.30. The summed E-state index contributed by atoms with van der Waals surface area (Å²) in [7, 11) is 1.26. The van der Waals surface area contributed by atoms with Crippen LogP contribution in [0.5, 0.6) is 10.9 Å².